The molecule has 0 bridgehead atoms. The van der Waals surface area contributed by atoms with Crippen LogP contribution in [0.25, 0.3) is 0 Å². The molecule has 0 radical (unpaired) electrons. The largest absolute Gasteiger partial charge is 0.497 e. The summed E-state index contributed by atoms with van der Waals surface area (Å²) in [6.07, 6.45) is 0.352. The molecule has 92 valence electrons. The van der Waals surface area contributed by atoms with Gasteiger partial charge in [-0.15, -0.1) is 0 Å². The van der Waals surface area contributed by atoms with Gasteiger partial charge in [-0.1, -0.05) is 13.0 Å². The van der Waals surface area contributed by atoms with Crippen LogP contribution in [0.5, 0.6) is 5.75 Å². The normalized spacial score (nSPS) is 24.3. The molecule has 2 rings (SSSR count). The van der Waals surface area contributed by atoms with Gasteiger partial charge in [0.25, 0.3) is 0 Å². The van der Waals surface area contributed by atoms with Gasteiger partial charge in [0.15, 0.2) is 0 Å². The van der Waals surface area contributed by atoms with Crippen LogP contribution in [-0.4, -0.2) is 19.6 Å². The molecule has 1 amide bonds. The molecule has 3 nitrogen and oxygen atoms in total. The molecule has 1 heterocycles. The van der Waals surface area contributed by atoms with Crippen molar-refractivity contribution in [2.75, 3.05) is 13.7 Å². The summed E-state index contributed by atoms with van der Waals surface area (Å²) in [6, 6.07) is 4.82. The Balaban J connectivity index is 2.29. The van der Waals surface area contributed by atoms with Crippen molar-refractivity contribution in [2.24, 2.45) is 5.92 Å². The van der Waals surface area contributed by atoms with Crippen molar-refractivity contribution in [3.8, 4) is 5.75 Å². The van der Waals surface area contributed by atoms with Gasteiger partial charge in [-0.3, -0.25) is 4.79 Å². The molecule has 1 aromatic rings. The molecule has 1 aliphatic rings. The molecule has 1 fully saturated rings. The van der Waals surface area contributed by atoms with Crippen LogP contribution in [0.15, 0.2) is 18.2 Å². The molecule has 0 aliphatic carbocycles. The van der Waals surface area contributed by atoms with Gasteiger partial charge >= 0.3 is 0 Å². The summed E-state index contributed by atoms with van der Waals surface area (Å²) >= 11 is 0. The number of halogens is 1. The molecule has 2 unspecified atom stereocenters. The first kappa shape index (κ1) is 11.9. The van der Waals surface area contributed by atoms with Gasteiger partial charge in [0.1, 0.15) is 11.6 Å². The fraction of sp³-hybridized carbons (Fsp3) is 0.462. The average Bonchev–Trinajstić information content (AvgIpc) is 2.32. The summed E-state index contributed by atoms with van der Waals surface area (Å²) in [4.78, 5) is 11.4. The van der Waals surface area contributed by atoms with E-state index in [2.05, 4.69) is 5.32 Å². The van der Waals surface area contributed by atoms with E-state index in [1.165, 1.54) is 13.2 Å². The van der Waals surface area contributed by atoms with Gasteiger partial charge in [-0.05, 0) is 23.5 Å². The van der Waals surface area contributed by atoms with Gasteiger partial charge < -0.3 is 10.1 Å². The predicted molar refractivity (Wildman–Crippen MR) is 62.5 cm³/mol. The summed E-state index contributed by atoms with van der Waals surface area (Å²) in [5, 5.41) is 2.79. The van der Waals surface area contributed by atoms with E-state index in [0.29, 0.717) is 24.3 Å². The molecular formula is C13H16FNO2. The van der Waals surface area contributed by atoms with Gasteiger partial charge in [-0.2, -0.15) is 0 Å². The summed E-state index contributed by atoms with van der Waals surface area (Å²) in [5.74, 6) is 0.392. The SMILES string of the molecule is COc1ccc(C2CC(=O)NCC2C)c(F)c1. The van der Waals surface area contributed by atoms with Crippen LogP contribution >= 0.6 is 0 Å². The van der Waals surface area contributed by atoms with Crippen LogP contribution in [0.4, 0.5) is 4.39 Å². The van der Waals surface area contributed by atoms with E-state index in [1.807, 2.05) is 6.92 Å². The van der Waals surface area contributed by atoms with Gasteiger partial charge in [0.2, 0.25) is 5.91 Å². The van der Waals surface area contributed by atoms with Crippen molar-refractivity contribution in [3.05, 3.63) is 29.6 Å². The van der Waals surface area contributed by atoms with E-state index in [1.54, 1.807) is 12.1 Å². The maximum atomic E-state index is 13.9. The second-order valence-electron chi connectivity index (χ2n) is 4.48. The molecule has 4 heteroatoms. The zero-order valence-electron chi connectivity index (χ0n) is 10.00. The van der Waals surface area contributed by atoms with Gasteiger partial charge in [-0.25, -0.2) is 4.39 Å². The zero-order valence-corrected chi connectivity index (χ0v) is 10.00. The Bertz CT molecular complexity index is 433. The van der Waals surface area contributed by atoms with E-state index in [4.69, 9.17) is 4.74 Å². The Morgan fingerprint density at radius 1 is 1.47 bits per heavy atom. The Morgan fingerprint density at radius 2 is 2.24 bits per heavy atom. The minimum Gasteiger partial charge on any atom is -0.497 e. The number of ether oxygens (including phenoxy) is 1. The summed E-state index contributed by atoms with van der Waals surface area (Å²) < 4.78 is 18.9. The van der Waals surface area contributed by atoms with E-state index < -0.39 is 0 Å². The van der Waals surface area contributed by atoms with Crippen molar-refractivity contribution in [3.63, 3.8) is 0 Å². The molecule has 1 N–H and O–H groups in total. The standard InChI is InChI=1S/C13H16FNO2/c1-8-7-15-13(16)6-11(8)10-4-3-9(17-2)5-12(10)14/h3-5,8,11H,6-7H2,1-2H3,(H,15,16). The molecule has 1 aliphatic heterocycles. The first-order chi connectivity index (χ1) is 8.11. The lowest BCUT2D eigenvalue weighted by atomic mass is 9.82. The highest BCUT2D eigenvalue weighted by atomic mass is 19.1. The molecule has 0 aromatic heterocycles. The van der Waals surface area contributed by atoms with Crippen LogP contribution in [-0.2, 0) is 4.79 Å². The zero-order chi connectivity index (χ0) is 12.4. The Kier molecular flexibility index (Phi) is 3.31. The highest BCUT2D eigenvalue weighted by molar-refractivity contribution is 5.77. The fourth-order valence-corrected chi connectivity index (χ4v) is 2.24. The monoisotopic (exact) mass is 237 g/mol. The molecular weight excluding hydrogens is 221 g/mol. The quantitative estimate of drug-likeness (QED) is 0.855. The highest BCUT2D eigenvalue weighted by Crippen LogP contribution is 2.33. The lowest BCUT2D eigenvalue weighted by Gasteiger charge is -2.29. The number of benzene rings is 1. The fourth-order valence-electron chi connectivity index (χ4n) is 2.24. The maximum Gasteiger partial charge on any atom is 0.220 e. The number of nitrogens with one attached hydrogen (secondary N) is 1. The Hall–Kier alpha value is -1.58. The second kappa shape index (κ2) is 4.73. The lowest BCUT2D eigenvalue weighted by Crippen LogP contribution is -2.38. The first-order valence-electron chi connectivity index (χ1n) is 5.72. The third-order valence-electron chi connectivity index (χ3n) is 3.32. The van der Waals surface area contributed by atoms with Crippen LogP contribution in [0.3, 0.4) is 0 Å². The van der Waals surface area contributed by atoms with Gasteiger partial charge in [0, 0.05) is 19.0 Å². The van der Waals surface area contributed by atoms with E-state index in [9.17, 15) is 9.18 Å². The number of carbonyl (C=O) groups is 1. The molecule has 1 aromatic carbocycles. The van der Waals surface area contributed by atoms with Crippen molar-refractivity contribution < 1.29 is 13.9 Å². The van der Waals surface area contributed by atoms with Crippen molar-refractivity contribution in [1.29, 1.82) is 0 Å². The van der Waals surface area contributed by atoms with Crippen LogP contribution in [0.2, 0.25) is 0 Å². The summed E-state index contributed by atoms with van der Waals surface area (Å²) in [7, 11) is 1.51. The molecule has 1 saturated heterocycles. The molecule has 0 saturated carbocycles. The second-order valence-corrected chi connectivity index (χ2v) is 4.48. The smallest absolute Gasteiger partial charge is 0.220 e. The van der Waals surface area contributed by atoms with E-state index in [0.717, 1.165) is 0 Å². The Labute approximate surface area is 100.0 Å². The van der Waals surface area contributed by atoms with E-state index >= 15 is 0 Å². The minimum atomic E-state index is -0.295. The lowest BCUT2D eigenvalue weighted by molar-refractivity contribution is -0.123. The highest BCUT2D eigenvalue weighted by Gasteiger charge is 2.29. The minimum absolute atomic E-state index is 0.0108. The van der Waals surface area contributed by atoms with E-state index in [-0.39, 0.29) is 23.6 Å². The van der Waals surface area contributed by atoms with Gasteiger partial charge in [0.05, 0.1) is 7.11 Å². The third-order valence-corrected chi connectivity index (χ3v) is 3.32. The molecule has 2 atom stereocenters. The Morgan fingerprint density at radius 3 is 2.88 bits per heavy atom. The number of amides is 1. The topological polar surface area (TPSA) is 38.3 Å². The number of rotatable bonds is 2. The van der Waals surface area contributed by atoms with Crippen molar-refractivity contribution >= 4 is 5.91 Å². The number of piperidine rings is 1. The van der Waals surface area contributed by atoms with Crippen LogP contribution < -0.4 is 10.1 Å². The number of methoxy groups -OCH3 is 1. The summed E-state index contributed by atoms with van der Waals surface area (Å²) in [5.41, 5.74) is 0.605. The number of hydrogen-bond acceptors (Lipinski definition) is 2. The average molecular weight is 237 g/mol. The van der Waals surface area contributed by atoms with Crippen LogP contribution in [0, 0.1) is 11.7 Å². The first-order valence-corrected chi connectivity index (χ1v) is 5.72. The number of hydrogen-bond donors (Lipinski definition) is 1. The van der Waals surface area contributed by atoms with Crippen molar-refractivity contribution in [1.82, 2.24) is 5.32 Å². The van der Waals surface area contributed by atoms with Crippen molar-refractivity contribution in [2.45, 2.75) is 19.3 Å². The maximum absolute atomic E-state index is 13.9. The van der Waals surface area contributed by atoms with Crippen LogP contribution in [0.1, 0.15) is 24.8 Å². The summed E-state index contributed by atoms with van der Waals surface area (Å²) in [6.45, 7) is 2.63. The predicted octanol–water partition coefficient (Wildman–Crippen LogP) is 2.07. The third kappa shape index (κ3) is 2.40. The number of carbonyl (C=O) groups excluding carboxylic acids is 1. The molecule has 17 heavy (non-hydrogen) atoms. The molecule has 0 spiro atoms.